The molecule has 1 aromatic carbocycles. The fourth-order valence-electron chi connectivity index (χ4n) is 1.56. The van der Waals surface area contributed by atoms with E-state index in [1.807, 2.05) is 0 Å². The number of benzene rings is 1. The minimum atomic E-state index is -1.09. The minimum absolute atomic E-state index is 0.0914. The Bertz CT molecular complexity index is 563. The molecule has 1 atom stereocenters. The molecule has 0 aliphatic carbocycles. The summed E-state index contributed by atoms with van der Waals surface area (Å²) in [5.74, 6) is -1.37. The molecule has 0 fully saturated rings. The molecular weight excluding hydrogens is 348 g/mol. The van der Waals surface area contributed by atoms with Crippen molar-refractivity contribution in [2.24, 2.45) is 0 Å². The highest BCUT2D eigenvalue weighted by molar-refractivity contribution is 9.10. The third-order valence-corrected chi connectivity index (χ3v) is 3.06. The zero-order valence-electron chi connectivity index (χ0n) is 11.3. The summed E-state index contributed by atoms with van der Waals surface area (Å²) in [6.07, 6.45) is -0.313. The fraction of sp³-hybridized carbons (Fsp3) is 0.333. The zero-order valence-corrected chi connectivity index (χ0v) is 12.9. The van der Waals surface area contributed by atoms with Gasteiger partial charge in [0, 0.05) is 10.5 Å². The lowest BCUT2D eigenvalue weighted by Gasteiger charge is -2.16. The van der Waals surface area contributed by atoms with Gasteiger partial charge in [-0.05, 0) is 12.1 Å². The summed E-state index contributed by atoms with van der Waals surface area (Å²) in [5.41, 5.74) is -0.134. The molecule has 9 heteroatoms. The Hall–Kier alpha value is -2.16. The number of rotatable bonds is 6. The number of hydrogen-bond donors (Lipinski definition) is 1. The number of esters is 2. The Kier molecular flexibility index (Phi) is 6.10. The summed E-state index contributed by atoms with van der Waals surface area (Å²) >= 11 is 3.18. The predicted molar refractivity (Wildman–Crippen MR) is 76.9 cm³/mol. The van der Waals surface area contributed by atoms with E-state index in [-0.39, 0.29) is 17.8 Å². The average Bonchev–Trinajstić information content (AvgIpc) is 2.45. The van der Waals surface area contributed by atoms with Gasteiger partial charge in [-0.25, -0.2) is 4.79 Å². The van der Waals surface area contributed by atoms with Crippen molar-refractivity contribution in [1.82, 2.24) is 0 Å². The molecule has 0 saturated heterocycles. The van der Waals surface area contributed by atoms with Gasteiger partial charge in [0.15, 0.2) is 0 Å². The maximum absolute atomic E-state index is 11.7. The third kappa shape index (κ3) is 4.71. The quantitative estimate of drug-likeness (QED) is 0.468. The summed E-state index contributed by atoms with van der Waals surface area (Å²) in [4.78, 5) is 33.3. The number of methoxy groups -OCH3 is 2. The van der Waals surface area contributed by atoms with Crippen molar-refractivity contribution in [1.29, 1.82) is 0 Å². The van der Waals surface area contributed by atoms with Gasteiger partial charge in [0.1, 0.15) is 11.7 Å². The standard InChI is InChI=1S/C12H13BrN2O6/c1-20-11(16)6-9(12(17)21-2)14-8-5-7(13)3-4-10(8)15(18)19/h3-5,9,14H,6H2,1-2H3. The lowest BCUT2D eigenvalue weighted by atomic mass is 10.2. The average molecular weight is 361 g/mol. The molecule has 0 aliphatic heterocycles. The van der Waals surface area contributed by atoms with Crippen LogP contribution in [-0.4, -0.2) is 37.1 Å². The van der Waals surface area contributed by atoms with Gasteiger partial charge in [-0.2, -0.15) is 0 Å². The molecule has 8 nitrogen and oxygen atoms in total. The van der Waals surface area contributed by atoms with Crippen LogP contribution in [0.3, 0.4) is 0 Å². The molecule has 1 unspecified atom stereocenters. The second-order valence-electron chi connectivity index (χ2n) is 3.92. The van der Waals surface area contributed by atoms with Crippen LogP contribution in [0.25, 0.3) is 0 Å². The summed E-state index contributed by atoms with van der Waals surface area (Å²) in [5, 5.41) is 13.6. The number of ether oxygens (including phenoxy) is 2. The Labute approximate surface area is 128 Å². The number of nitro benzene ring substituents is 1. The number of halogens is 1. The summed E-state index contributed by atoms with van der Waals surface area (Å²) < 4.78 is 9.64. The van der Waals surface area contributed by atoms with Crippen molar-refractivity contribution in [3.05, 3.63) is 32.8 Å². The molecule has 0 spiro atoms. The van der Waals surface area contributed by atoms with E-state index >= 15 is 0 Å². The van der Waals surface area contributed by atoms with Gasteiger partial charge in [-0.3, -0.25) is 14.9 Å². The second-order valence-corrected chi connectivity index (χ2v) is 4.83. The highest BCUT2D eigenvalue weighted by Crippen LogP contribution is 2.28. The number of nitrogens with one attached hydrogen (secondary N) is 1. The van der Waals surface area contributed by atoms with Gasteiger partial charge in [-0.1, -0.05) is 15.9 Å². The number of nitro groups is 1. The Morgan fingerprint density at radius 3 is 2.57 bits per heavy atom. The molecule has 0 heterocycles. The summed E-state index contributed by atoms with van der Waals surface area (Å²) in [6, 6.07) is 3.12. The second kappa shape index (κ2) is 7.58. The van der Waals surface area contributed by atoms with E-state index in [4.69, 9.17) is 0 Å². The third-order valence-electron chi connectivity index (χ3n) is 2.57. The maximum Gasteiger partial charge on any atom is 0.328 e. The van der Waals surface area contributed by atoms with Crippen LogP contribution >= 0.6 is 15.9 Å². The number of carbonyl (C=O) groups is 2. The monoisotopic (exact) mass is 360 g/mol. The van der Waals surface area contributed by atoms with Crippen LogP contribution in [0.2, 0.25) is 0 Å². The first-order valence-electron chi connectivity index (χ1n) is 5.74. The highest BCUT2D eigenvalue weighted by Gasteiger charge is 2.26. The van der Waals surface area contributed by atoms with Crippen molar-refractivity contribution in [3.8, 4) is 0 Å². The first-order valence-corrected chi connectivity index (χ1v) is 6.53. The van der Waals surface area contributed by atoms with Crippen LogP contribution in [0.1, 0.15) is 6.42 Å². The van der Waals surface area contributed by atoms with Crippen molar-refractivity contribution in [3.63, 3.8) is 0 Å². The van der Waals surface area contributed by atoms with Crippen molar-refractivity contribution < 1.29 is 24.0 Å². The van der Waals surface area contributed by atoms with Crippen molar-refractivity contribution in [2.75, 3.05) is 19.5 Å². The molecule has 0 aliphatic rings. The summed E-state index contributed by atoms with van der Waals surface area (Å²) in [6.45, 7) is 0. The molecule has 21 heavy (non-hydrogen) atoms. The van der Waals surface area contributed by atoms with Crippen LogP contribution in [0.15, 0.2) is 22.7 Å². The van der Waals surface area contributed by atoms with E-state index in [1.165, 1.54) is 25.3 Å². The summed E-state index contributed by atoms with van der Waals surface area (Å²) in [7, 11) is 2.34. The Morgan fingerprint density at radius 1 is 1.38 bits per heavy atom. The van der Waals surface area contributed by atoms with Crippen LogP contribution in [0, 0.1) is 10.1 Å². The van der Waals surface area contributed by atoms with E-state index in [2.05, 4.69) is 30.7 Å². The Morgan fingerprint density at radius 2 is 2.05 bits per heavy atom. The number of hydrogen-bond acceptors (Lipinski definition) is 7. The molecule has 114 valence electrons. The van der Waals surface area contributed by atoms with Gasteiger partial charge < -0.3 is 14.8 Å². The van der Waals surface area contributed by atoms with E-state index in [0.717, 1.165) is 7.11 Å². The van der Waals surface area contributed by atoms with Crippen molar-refractivity contribution in [2.45, 2.75) is 12.5 Å². The number of anilines is 1. The highest BCUT2D eigenvalue weighted by atomic mass is 79.9. The molecule has 1 aromatic rings. The van der Waals surface area contributed by atoms with Crippen LogP contribution in [0.4, 0.5) is 11.4 Å². The largest absolute Gasteiger partial charge is 0.469 e. The topological polar surface area (TPSA) is 108 Å². The predicted octanol–water partition coefficient (Wildman–Crippen LogP) is 1.87. The SMILES string of the molecule is COC(=O)CC(Nc1cc(Br)ccc1[N+](=O)[O-])C(=O)OC. The molecule has 1 N–H and O–H groups in total. The molecular formula is C12H13BrN2O6. The van der Waals surface area contributed by atoms with Crippen LogP contribution in [-0.2, 0) is 19.1 Å². The minimum Gasteiger partial charge on any atom is -0.469 e. The molecule has 0 saturated carbocycles. The zero-order chi connectivity index (χ0) is 16.0. The lowest BCUT2D eigenvalue weighted by molar-refractivity contribution is -0.384. The van der Waals surface area contributed by atoms with Gasteiger partial charge in [0.05, 0.1) is 25.6 Å². The first-order chi connectivity index (χ1) is 9.88. The molecule has 0 radical (unpaired) electrons. The van der Waals surface area contributed by atoms with E-state index in [1.54, 1.807) is 0 Å². The molecule has 0 bridgehead atoms. The normalized spacial score (nSPS) is 11.4. The fourth-order valence-corrected chi connectivity index (χ4v) is 1.92. The molecule has 1 rings (SSSR count). The Balaban J connectivity index is 3.07. The van der Waals surface area contributed by atoms with Gasteiger partial charge in [-0.15, -0.1) is 0 Å². The van der Waals surface area contributed by atoms with Crippen molar-refractivity contribution >= 4 is 39.2 Å². The number of carbonyl (C=O) groups excluding carboxylic acids is 2. The van der Waals surface area contributed by atoms with Crippen LogP contribution < -0.4 is 5.32 Å². The smallest absolute Gasteiger partial charge is 0.328 e. The van der Waals surface area contributed by atoms with Crippen LogP contribution in [0.5, 0.6) is 0 Å². The van der Waals surface area contributed by atoms with Gasteiger partial charge in [0.25, 0.3) is 5.69 Å². The molecule has 0 amide bonds. The maximum atomic E-state index is 11.7. The van der Waals surface area contributed by atoms with E-state index in [0.29, 0.717) is 4.47 Å². The first kappa shape index (κ1) is 16.9. The van der Waals surface area contributed by atoms with Gasteiger partial charge in [0.2, 0.25) is 0 Å². The number of nitrogens with zero attached hydrogens (tertiary/aromatic N) is 1. The molecule has 0 aromatic heterocycles. The van der Waals surface area contributed by atoms with E-state index in [9.17, 15) is 19.7 Å². The van der Waals surface area contributed by atoms with Gasteiger partial charge >= 0.3 is 11.9 Å². The van der Waals surface area contributed by atoms with E-state index < -0.39 is 22.9 Å². The lowest BCUT2D eigenvalue weighted by Crippen LogP contribution is -2.33.